The normalized spacial score (nSPS) is 10.4. The number of ether oxygens (including phenoxy) is 1. The highest BCUT2D eigenvalue weighted by atomic mass is 35.5. The fourth-order valence-corrected chi connectivity index (χ4v) is 2.61. The third kappa shape index (κ3) is 4.60. The number of nitro groups is 1. The third-order valence-corrected chi connectivity index (χ3v) is 4.03. The lowest BCUT2D eigenvalue weighted by Crippen LogP contribution is -2.23. The fraction of sp³-hybridized carbons (Fsp3) is 0.0526. The van der Waals surface area contributed by atoms with Crippen molar-refractivity contribution >= 4 is 23.2 Å². The molecule has 28 heavy (non-hydrogen) atoms. The van der Waals surface area contributed by atoms with Crippen molar-refractivity contribution in [2.75, 3.05) is 0 Å². The summed E-state index contributed by atoms with van der Waals surface area (Å²) in [5.74, 6) is -0.697. The molecular formula is C19H13ClFN3O4. The smallest absolute Gasteiger partial charge is 0.270 e. The SMILES string of the molecule is O=C(NCc1ccc(Oc2cccnc2)c(F)c1)c1ccc([N+](=O)[O-])cc1Cl. The molecule has 0 aliphatic rings. The molecule has 0 radical (unpaired) electrons. The molecule has 1 N–H and O–H groups in total. The lowest BCUT2D eigenvalue weighted by molar-refractivity contribution is -0.384. The Morgan fingerprint density at radius 3 is 2.71 bits per heavy atom. The number of nitro benzene ring substituents is 1. The number of aromatic nitrogens is 1. The summed E-state index contributed by atoms with van der Waals surface area (Å²) >= 11 is 5.93. The molecule has 0 saturated carbocycles. The number of rotatable bonds is 6. The van der Waals surface area contributed by atoms with E-state index in [0.29, 0.717) is 11.3 Å². The molecule has 9 heteroatoms. The average Bonchev–Trinajstić information content (AvgIpc) is 2.68. The molecule has 0 spiro atoms. The quantitative estimate of drug-likeness (QED) is 0.484. The number of halogens is 2. The van der Waals surface area contributed by atoms with Crippen molar-refractivity contribution in [3.05, 3.63) is 93.0 Å². The topological polar surface area (TPSA) is 94.4 Å². The number of amides is 1. The van der Waals surface area contributed by atoms with Crippen molar-refractivity contribution < 1.29 is 18.8 Å². The van der Waals surface area contributed by atoms with Gasteiger partial charge in [-0.2, -0.15) is 0 Å². The Labute approximate surface area is 163 Å². The second-order valence-electron chi connectivity index (χ2n) is 5.66. The first-order valence-corrected chi connectivity index (χ1v) is 8.40. The first-order valence-electron chi connectivity index (χ1n) is 8.02. The van der Waals surface area contributed by atoms with Crippen LogP contribution in [-0.4, -0.2) is 15.8 Å². The molecule has 3 rings (SSSR count). The van der Waals surface area contributed by atoms with Gasteiger partial charge in [0.05, 0.1) is 21.7 Å². The average molecular weight is 402 g/mol. The molecule has 0 fully saturated rings. The van der Waals surface area contributed by atoms with Crippen molar-refractivity contribution in [2.45, 2.75) is 6.54 Å². The van der Waals surface area contributed by atoms with Crippen molar-refractivity contribution in [1.29, 1.82) is 0 Å². The van der Waals surface area contributed by atoms with Crippen molar-refractivity contribution in [1.82, 2.24) is 10.3 Å². The molecule has 0 unspecified atom stereocenters. The zero-order chi connectivity index (χ0) is 20.1. The molecule has 7 nitrogen and oxygen atoms in total. The molecular weight excluding hydrogens is 389 g/mol. The van der Waals surface area contributed by atoms with E-state index < -0.39 is 16.6 Å². The van der Waals surface area contributed by atoms with Gasteiger partial charge in [-0.1, -0.05) is 17.7 Å². The Kier molecular flexibility index (Phi) is 5.81. The number of nitrogens with zero attached hydrogens (tertiary/aromatic N) is 2. The van der Waals surface area contributed by atoms with Crippen molar-refractivity contribution in [3.63, 3.8) is 0 Å². The number of nitrogens with one attached hydrogen (secondary N) is 1. The van der Waals surface area contributed by atoms with E-state index in [-0.39, 0.29) is 28.6 Å². The summed E-state index contributed by atoms with van der Waals surface area (Å²) in [7, 11) is 0. The maximum atomic E-state index is 14.2. The van der Waals surface area contributed by atoms with E-state index in [2.05, 4.69) is 10.3 Å². The second-order valence-corrected chi connectivity index (χ2v) is 6.07. The van der Waals surface area contributed by atoms with Crippen LogP contribution in [0.5, 0.6) is 11.5 Å². The first kappa shape index (κ1) is 19.2. The van der Waals surface area contributed by atoms with Crippen LogP contribution in [0.2, 0.25) is 5.02 Å². The maximum absolute atomic E-state index is 14.2. The Balaban J connectivity index is 1.65. The molecule has 1 aromatic heterocycles. The van der Waals surface area contributed by atoms with E-state index in [1.54, 1.807) is 24.4 Å². The van der Waals surface area contributed by atoms with E-state index in [1.165, 1.54) is 30.5 Å². The fourth-order valence-electron chi connectivity index (χ4n) is 2.35. The predicted octanol–water partition coefficient (Wildman–Crippen LogP) is 4.50. The van der Waals surface area contributed by atoms with Crippen molar-refractivity contribution in [3.8, 4) is 11.5 Å². The summed E-state index contributed by atoms with van der Waals surface area (Å²) in [5, 5.41) is 13.3. The Hall–Kier alpha value is -3.52. The number of benzene rings is 2. The van der Waals surface area contributed by atoms with Gasteiger partial charge in [-0.3, -0.25) is 19.9 Å². The Morgan fingerprint density at radius 2 is 2.07 bits per heavy atom. The van der Waals surface area contributed by atoms with E-state index >= 15 is 0 Å². The number of carbonyl (C=O) groups is 1. The van der Waals surface area contributed by atoms with Crippen LogP contribution in [0, 0.1) is 15.9 Å². The van der Waals surface area contributed by atoms with Gasteiger partial charge in [-0.15, -0.1) is 0 Å². The monoisotopic (exact) mass is 401 g/mol. The van der Waals surface area contributed by atoms with Crippen LogP contribution in [0.3, 0.4) is 0 Å². The summed E-state index contributed by atoms with van der Waals surface area (Å²) in [6, 6.07) is 11.2. The molecule has 1 amide bonds. The minimum Gasteiger partial charge on any atom is -0.453 e. The Bertz CT molecular complexity index is 1030. The van der Waals surface area contributed by atoms with Crippen LogP contribution >= 0.6 is 11.6 Å². The van der Waals surface area contributed by atoms with Crippen LogP contribution < -0.4 is 10.1 Å². The predicted molar refractivity (Wildman–Crippen MR) is 100.0 cm³/mol. The first-order chi connectivity index (χ1) is 13.4. The zero-order valence-electron chi connectivity index (χ0n) is 14.3. The molecule has 142 valence electrons. The second kappa shape index (κ2) is 8.45. The Morgan fingerprint density at radius 1 is 1.25 bits per heavy atom. The van der Waals surface area contributed by atoms with Gasteiger partial charge < -0.3 is 10.1 Å². The number of non-ortho nitro benzene ring substituents is 1. The van der Waals surface area contributed by atoms with Gasteiger partial charge in [0.1, 0.15) is 5.75 Å². The van der Waals surface area contributed by atoms with Gasteiger partial charge in [0.15, 0.2) is 11.6 Å². The zero-order valence-corrected chi connectivity index (χ0v) is 15.0. The van der Waals surface area contributed by atoms with Crippen LogP contribution in [0.1, 0.15) is 15.9 Å². The number of pyridine rings is 1. The van der Waals surface area contributed by atoms with Gasteiger partial charge in [0.25, 0.3) is 11.6 Å². The highest BCUT2D eigenvalue weighted by molar-refractivity contribution is 6.34. The lowest BCUT2D eigenvalue weighted by atomic mass is 10.1. The maximum Gasteiger partial charge on any atom is 0.270 e. The molecule has 1 heterocycles. The van der Waals surface area contributed by atoms with Crippen LogP contribution in [-0.2, 0) is 6.54 Å². The molecule has 2 aromatic carbocycles. The standard InChI is InChI=1S/C19H13ClFN3O4/c20-16-9-13(24(26)27)4-5-15(16)19(25)23-10-12-3-6-18(17(21)8-12)28-14-2-1-7-22-11-14/h1-9,11H,10H2,(H,23,25). The number of hydrogen-bond acceptors (Lipinski definition) is 5. The van der Waals surface area contributed by atoms with E-state index in [0.717, 1.165) is 6.07 Å². The summed E-state index contributed by atoms with van der Waals surface area (Å²) in [4.78, 5) is 26.2. The van der Waals surface area contributed by atoms with Crippen molar-refractivity contribution in [2.24, 2.45) is 0 Å². The van der Waals surface area contributed by atoms with E-state index in [1.807, 2.05) is 0 Å². The minimum absolute atomic E-state index is 0.0292. The van der Waals surface area contributed by atoms with Gasteiger partial charge in [0, 0.05) is 24.9 Å². The summed E-state index contributed by atoms with van der Waals surface area (Å²) in [5.41, 5.74) is 0.375. The lowest BCUT2D eigenvalue weighted by Gasteiger charge is -2.09. The highest BCUT2D eigenvalue weighted by Crippen LogP contribution is 2.25. The molecule has 0 aliphatic carbocycles. The molecule has 0 aliphatic heterocycles. The van der Waals surface area contributed by atoms with E-state index in [9.17, 15) is 19.3 Å². The number of hydrogen-bond donors (Lipinski definition) is 1. The number of carbonyl (C=O) groups excluding carboxylic acids is 1. The summed E-state index contributed by atoms with van der Waals surface area (Å²) in [6.45, 7) is 0.0379. The third-order valence-electron chi connectivity index (χ3n) is 3.72. The largest absolute Gasteiger partial charge is 0.453 e. The molecule has 0 atom stereocenters. The minimum atomic E-state index is -0.606. The van der Waals surface area contributed by atoms with Crippen LogP contribution in [0.4, 0.5) is 10.1 Å². The summed E-state index contributed by atoms with van der Waals surface area (Å²) < 4.78 is 19.6. The van der Waals surface area contributed by atoms with Gasteiger partial charge in [0.2, 0.25) is 0 Å². The van der Waals surface area contributed by atoms with E-state index in [4.69, 9.17) is 16.3 Å². The van der Waals surface area contributed by atoms with Gasteiger partial charge in [-0.25, -0.2) is 4.39 Å². The van der Waals surface area contributed by atoms with Crippen LogP contribution in [0.15, 0.2) is 60.9 Å². The summed E-state index contributed by atoms with van der Waals surface area (Å²) in [6.07, 6.45) is 3.04. The van der Waals surface area contributed by atoms with Crippen LogP contribution in [0.25, 0.3) is 0 Å². The molecule has 0 saturated heterocycles. The van der Waals surface area contributed by atoms with Gasteiger partial charge >= 0.3 is 0 Å². The molecule has 0 bridgehead atoms. The van der Waals surface area contributed by atoms with Gasteiger partial charge in [-0.05, 0) is 35.9 Å². The highest BCUT2D eigenvalue weighted by Gasteiger charge is 2.15. The molecule has 3 aromatic rings.